The van der Waals surface area contributed by atoms with Gasteiger partial charge in [-0.1, -0.05) is 35.5 Å². The molecule has 0 amide bonds. The van der Waals surface area contributed by atoms with Crippen molar-refractivity contribution in [3.8, 4) is 0 Å². The van der Waals surface area contributed by atoms with Crippen molar-refractivity contribution in [2.24, 2.45) is 17.9 Å². The van der Waals surface area contributed by atoms with Gasteiger partial charge in [0.25, 0.3) is 0 Å². The molecule has 1 unspecified atom stereocenters. The molecule has 4 N–H and O–H groups in total. The van der Waals surface area contributed by atoms with Crippen LogP contribution in [0.1, 0.15) is 17.3 Å². The van der Waals surface area contributed by atoms with Gasteiger partial charge in [0.15, 0.2) is 0 Å². The first-order chi connectivity index (χ1) is 9.72. The second-order valence-corrected chi connectivity index (χ2v) is 4.48. The van der Waals surface area contributed by atoms with Crippen molar-refractivity contribution in [3.63, 3.8) is 0 Å². The number of nitrogens with zero attached hydrogens (tertiary/aromatic N) is 4. The summed E-state index contributed by atoms with van der Waals surface area (Å²) >= 11 is 0. The van der Waals surface area contributed by atoms with Crippen LogP contribution in [0.25, 0.3) is 0 Å². The SMILES string of the molecule is Cn1cnnc1CNCC(C(N)=NO)c1ccccc1. The third-order valence-corrected chi connectivity index (χ3v) is 3.11. The summed E-state index contributed by atoms with van der Waals surface area (Å²) in [6.45, 7) is 1.12. The van der Waals surface area contributed by atoms with Gasteiger partial charge in [0.05, 0.1) is 12.5 Å². The number of aryl methyl sites for hydroxylation is 1. The lowest BCUT2D eigenvalue weighted by molar-refractivity contribution is 0.315. The number of hydrogen-bond acceptors (Lipinski definition) is 5. The molecule has 0 radical (unpaired) electrons. The van der Waals surface area contributed by atoms with E-state index >= 15 is 0 Å². The van der Waals surface area contributed by atoms with Gasteiger partial charge in [-0.25, -0.2) is 0 Å². The third-order valence-electron chi connectivity index (χ3n) is 3.11. The third kappa shape index (κ3) is 3.33. The van der Waals surface area contributed by atoms with Crippen LogP contribution in [0.2, 0.25) is 0 Å². The Labute approximate surface area is 117 Å². The molecule has 0 aliphatic heterocycles. The Morgan fingerprint density at radius 3 is 2.80 bits per heavy atom. The Morgan fingerprint density at radius 2 is 2.20 bits per heavy atom. The van der Waals surface area contributed by atoms with E-state index in [1.165, 1.54) is 0 Å². The van der Waals surface area contributed by atoms with E-state index in [1.807, 2.05) is 41.9 Å². The Hall–Kier alpha value is -2.41. The van der Waals surface area contributed by atoms with Gasteiger partial charge in [-0.3, -0.25) is 0 Å². The number of hydrogen-bond donors (Lipinski definition) is 3. The predicted octanol–water partition coefficient (Wildman–Crippen LogP) is 0.435. The van der Waals surface area contributed by atoms with Crippen LogP contribution in [0.15, 0.2) is 41.8 Å². The van der Waals surface area contributed by atoms with Gasteiger partial charge in [0.2, 0.25) is 0 Å². The fourth-order valence-corrected chi connectivity index (χ4v) is 1.94. The molecule has 0 aliphatic rings. The van der Waals surface area contributed by atoms with E-state index in [-0.39, 0.29) is 11.8 Å². The molecule has 7 heteroatoms. The normalized spacial score (nSPS) is 13.3. The Morgan fingerprint density at radius 1 is 1.45 bits per heavy atom. The van der Waals surface area contributed by atoms with E-state index in [2.05, 4.69) is 20.7 Å². The van der Waals surface area contributed by atoms with E-state index < -0.39 is 0 Å². The maximum absolute atomic E-state index is 8.90. The summed E-state index contributed by atoms with van der Waals surface area (Å²) in [7, 11) is 1.88. The van der Waals surface area contributed by atoms with Crippen molar-refractivity contribution in [1.82, 2.24) is 20.1 Å². The van der Waals surface area contributed by atoms with Crippen molar-refractivity contribution < 1.29 is 5.21 Å². The summed E-state index contributed by atoms with van der Waals surface area (Å²) in [5.74, 6) is 0.826. The Balaban J connectivity index is 2.01. The predicted molar refractivity (Wildman–Crippen MR) is 75.3 cm³/mol. The van der Waals surface area contributed by atoms with Gasteiger partial charge < -0.3 is 20.8 Å². The van der Waals surface area contributed by atoms with Crippen LogP contribution >= 0.6 is 0 Å². The quantitative estimate of drug-likeness (QED) is 0.307. The highest BCUT2D eigenvalue weighted by Crippen LogP contribution is 2.14. The molecule has 20 heavy (non-hydrogen) atoms. The maximum Gasteiger partial charge on any atom is 0.147 e. The van der Waals surface area contributed by atoms with Gasteiger partial charge in [0, 0.05) is 13.6 Å². The molecular weight excluding hydrogens is 256 g/mol. The van der Waals surface area contributed by atoms with Crippen LogP contribution in [0.3, 0.4) is 0 Å². The minimum Gasteiger partial charge on any atom is -0.409 e. The van der Waals surface area contributed by atoms with Gasteiger partial charge >= 0.3 is 0 Å². The first-order valence-corrected chi connectivity index (χ1v) is 6.28. The highest BCUT2D eigenvalue weighted by Gasteiger charge is 2.16. The molecule has 0 fully saturated rings. The number of nitrogens with two attached hydrogens (primary N) is 1. The molecule has 106 valence electrons. The van der Waals surface area contributed by atoms with Crippen molar-refractivity contribution >= 4 is 5.84 Å². The molecule has 0 aliphatic carbocycles. The van der Waals surface area contributed by atoms with Crippen LogP contribution in [0, 0.1) is 0 Å². The summed E-state index contributed by atoms with van der Waals surface area (Å²) < 4.78 is 1.84. The summed E-state index contributed by atoms with van der Waals surface area (Å²) in [4.78, 5) is 0. The van der Waals surface area contributed by atoms with E-state index in [0.29, 0.717) is 13.1 Å². The number of oxime groups is 1. The number of nitrogens with one attached hydrogen (secondary N) is 1. The highest BCUT2D eigenvalue weighted by atomic mass is 16.4. The van der Waals surface area contributed by atoms with E-state index in [4.69, 9.17) is 10.9 Å². The van der Waals surface area contributed by atoms with Gasteiger partial charge in [-0.15, -0.1) is 10.2 Å². The van der Waals surface area contributed by atoms with Crippen LogP contribution in [0.4, 0.5) is 0 Å². The molecule has 0 spiro atoms. The lowest BCUT2D eigenvalue weighted by atomic mass is 9.98. The smallest absolute Gasteiger partial charge is 0.147 e. The molecule has 1 atom stereocenters. The van der Waals surface area contributed by atoms with Crippen LogP contribution in [-0.4, -0.2) is 32.4 Å². The average molecular weight is 274 g/mol. The Kier molecular flexibility index (Phi) is 4.67. The highest BCUT2D eigenvalue weighted by molar-refractivity contribution is 5.87. The van der Waals surface area contributed by atoms with Crippen molar-refractivity contribution in [2.75, 3.05) is 6.54 Å². The second kappa shape index (κ2) is 6.67. The van der Waals surface area contributed by atoms with Gasteiger partial charge in [0.1, 0.15) is 18.0 Å². The standard InChI is InChI=1S/C13H18N6O/c1-19-9-16-17-12(19)8-15-7-11(13(14)18-20)10-5-3-2-4-6-10/h2-6,9,11,15,20H,7-8H2,1H3,(H2,14,18). The zero-order valence-electron chi connectivity index (χ0n) is 11.3. The van der Waals surface area contributed by atoms with Crippen LogP contribution < -0.4 is 11.1 Å². The maximum atomic E-state index is 8.90. The van der Waals surface area contributed by atoms with Crippen LogP contribution in [-0.2, 0) is 13.6 Å². The molecule has 0 bridgehead atoms. The molecule has 0 saturated heterocycles. The fourth-order valence-electron chi connectivity index (χ4n) is 1.94. The summed E-state index contributed by atoms with van der Waals surface area (Å²) in [6, 6.07) is 9.69. The first-order valence-electron chi connectivity index (χ1n) is 6.28. The molecule has 2 rings (SSSR count). The summed E-state index contributed by atoms with van der Waals surface area (Å²) in [5, 5.41) is 23.1. The second-order valence-electron chi connectivity index (χ2n) is 4.48. The minimum atomic E-state index is -0.186. The lowest BCUT2D eigenvalue weighted by Gasteiger charge is -2.16. The number of aromatic nitrogens is 3. The summed E-state index contributed by atoms with van der Waals surface area (Å²) in [5.41, 5.74) is 6.76. The zero-order chi connectivity index (χ0) is 14.4. The average Bonchev–Trinajstić information content (AvgIpc) is 2.89. The van der Waals surface area contributed by atoms with Crippen LogP contribution in [0.5, 0.6) is 0 Å². The van der Waals surface area contributed by atoms with E-state index in [0.717, 1.165) is 11.4 Å². The Bertz CT molecular complexity index is 565. The number of rotatable bonds is 6. The fraction of sp³-hybridized carbons (Fsp3) is 0.308. The van der Waals surface area contributed by atoms with Crippen molar-refractivity contribution in [2.45, 2.75) is 12.5 Å². The van der Waals surface area contributed by atoms with Gasteiger partial charge in [-0.2, -0.15) is 0 Å². The largest absolute Gasteiger partial charge is 0.409 e. The van der Waals surface area contributed by atoms with Crippen molar-refractivity contribution in [1.29, 1.82) is 0 Å². The molecule has 0 saturated carbocycles. The zero-order valence-corrected chi connectivity index (χ0v) is 11.3. The molecular formula is C13H18N6O. The number of benzene rings is 1. The van der Waals surface area contributed by atoms with E-state index in [1.54, 1.807) is 6.33 Å². The van der Waals surface area contributed by atoms with Crippen molar-refractivity contribution in [3.05, 3.63) is 48.0 Å². The first kappa shape index (κ1) is 14.0. The van der Waals surface area contributed by atoms with Gasteiger partial charge in [-0.05, 0) is 5.56 Å². The molecule has 2 aromatic rings. The molecule has 1 aromatic carbocycles. The topological polar surface area (TPSA) is 101 Å². The van der Waals surface area contributed by atoms with E-state index in [9.17, 15) is 0 Å². The molecule has 7 nitrogen and oxygen atoms in total. The lowest BCUT2D eigenvalue weighted by Crippen LogP contribution is -2.32. The molecule has 1 aromatic heterocycles. The summed E-state index contributed by atoms with van der Waals surface area (Å²) in [6.07, 6.45) is 1.65. The minimum absolute atomic E-state index is 0.182. The molecule has 1 heterocycles. The monoisotopic (exact) mass is 274 g/mol. The number of amidine groups is 1.